The van der Waals surface area contributed by atoms with Gasteiger partial charge in [0.05, 0.1) is 18.1 Å². The molecular weight excluding hydrogens is 596 g/mol. The Balaban J connectivity index is 1.39. The second-order valence-corrected chi connectivity index (χ2v) is 12.5. The van der Waals surface area contributed by atoms with Crippen LogP contribution in [0.2, 0.25) is 0 Å². The average molecular weight is 649 g/mol. The number of primary amides is 1. The molecule has 2 amide bonds. The molecule has 8 heteroatoms. The Bertz CT molecular complexity index is 1460. The fraction of sp³-hybridized carbons (Fsp3) is 0.375. The van der Waals surface area contributed by atoms with Crippen molar-refractivity contribution in [2.45, 2.75) is 88.8 Å². The summed E-state index contributed by atoms with van der Waals surface area (Å²) in [7, 11) is 0. The highest BCUT2D eigenvalue weighted by molar-refractivity contribution is 5.89. The van der Waals surface area contributed by atoms with E-state index in [0.29, 0.717) is 12.1 Å². The summed E-state index contributed by atoms with van der Waals surface area (Å²) in [6.45, 7) is 7.11. The molecule has 1 unspecified atom stereocenters. The fourth-order valence-corrected chi connectivity index (χ4v) is 6.29. The summed E-state index contributed by atoms with van der Waals surface area (Å²) in [5.74, 6) is -0.994. The third-order valence-electron chi connectivity index (χ3n) is 8.90. The highest BCUT2D eigenvalue weighted by atomic mass is 16.2. The van der Waals surface area contributed by atoms with Crippen LogP contribution < -0.4 is 22.1 Å². The van der Waals surface area contributed by atoms with Crippen LogP contribution >= 0.6 is 0 Å². The van der Waals surface area contributed by atoms with Crippen LogP contribution in [0.4, 0.5) is 0 Å². The Morgan fingerprint density at radius 1 is 0.833 bits per heavy atom. The molecule has 254 valence electrons. The number of carbonyl (C=O) groups is 2. The maximum Gasteiger partial charge on any atom is 0.240 e. The fourth-order valence-electron chi connectivity index (χ4n) is 6.29. The van der Waals surface area contributed by atoms with Crippen LogP contribution in [0.5, 0.6) is 0 Å². The van der Waals surface area contributed by atoms with Crippen molar-refractivity contribution in [3.8, 4) is 0 Å². The lowest BCUT2D eigenvalue weighted by Gasteiger charge is -2.37. The van der Waals surface area contributed by atoms with Crippen molar-refractivity contribution in [1.82, 2.24) is 20.2 Å². The van der Waals surface area contributed by atoms with Crippen molar-refractivity contribution in [2.24, 2.45) is 11.5 Å². The molecule has 2 atom stereocenters. The number of hydrogen-bond donors (Lipinski definition) is 4. The molecule has 0 saturated heterocycles. The SMILES string of the molecule is C=C(CCCCCCC)NCCCCC(NC(=O)[C@@H](N)Cc1cn(C(c2ccccc2)(c2ccccc2)c2ccccc2)cn1)C(N)=O. The quantitative estimate of drug-likeness (QED) is 0.0632. The van der Waals surface area contributed by atoms with E-state index >= 15 is 0 Å². The lowest BCUT2D eigenvalue weighted by atomic mass is 9.77. The summed E-state index contributed by atoms with van der Waals surface area (Å²) in [5, 5.41) is 6.16. The number of rotatable bonds is 21. The predicted octanol–water partition coefficient (Wildman–Crippen LogP) is 6.20. The minimum Gasteiger partial charge on any atom is -0.389 e. The standard InChI is InChI=1S/C40H52N6O2/c1-3-4-5-6-10-19-31(2)43-27-18-17-26-37(38(42)47)45-39(48)36(41)28-35-29-46(30-44-35)40(32-20-11-7-12-21-32,33-22-13-8-14-23-33)34-24-15-9-16-25-34/h7-9,11-16,20-25,29-30,36-37,43H,2-6,10,17-19,26-28,41H2,1H3,(H2,42,47)(H,45,48)/t36-,37?/m0/s1. The maximum absolute atomic E-state index is 13.2. The molecule has 0 aliphatic rings. The van der Waals surface area contributed by atoms with E-state index in [0.717, 1.165) is 54.6 Å². The molecule has 4 rings (SSSR count). The lowest BCUT2D eigenvalue weighted by Crippen LogP contribution is -2.51. The lowest BCUT2D eigenvalue weighted by molar-refractivity contribution is -0.128. The van der Waals surface area contributed by atoms with Crippen molar-refractivity contribution in [3.63, 3.8) is 0 Å². The first kappa shape index (κ1) is 36.2. The van der Waals surface area contributed by atoms with Gasteiger partial charge in [0, 0.05) is 24.9 Å². The third kappa shape index (κ3) is 9.67. The molecule has 4 aromatic rings. The Kier molecular flexibility index (Phi) is 14.0. The van der Waals surface area contributed by atoms with Crippen molar-refractivity contribution in [3.05, 3.63) is 138 Å². The number of hydrogen-bond acceptors (Lipinski definition) is 5. The van der Waals surface area contributed by atoms with E-state index in [4.69, 9.17) is 16.5 Å². The smallest absolute Gasteiger partial charge is 0.240 e. The minimum absolute atomic E-state index is 0.198. The van der Waals surface area contributed by atoms with Crippen LogP contribution in [0.25, 0.3) is 0 Å². The average Bonchev–Trinajstić information content (AvgIpc) is 3.57. The summed E-state index contributed by atoms with van der Waals surface area (Å²) in [5.41, 5.74) is 16.3. The highest BCUT2D eigenvalue weighted by Crippen LogP contribution is 2.40. The first-order valence-corrected chi connectivity index (χ1v) is 17.3. The van der Waals surface area contributed by atoms with Gasteiger partial charge in [-0.25, -0.2) is 4.98 Å². The molecular formula is C40H52N6O2. The van der Waals surface area contributed by atoms with Gasteiger partial charge >= 0.3 is 0 Å². The van der Waals surface area contributed by atoms with Crippen LogP contribution in [0.1, 0.15) is 87.1 Å². The first-order valence-electron chi connectivity index (χ1n) is 17.3. The number of imidazole rings is 1. The third-order valence-corrected chi connectivity index (χ3v) is 8.90. The number of nitrogens with two attached hydrogens (primary N) is 2. The number of amides is 2. The van der Waals surface area contributed by atoms with Gasteiger partial charge in [-0.3, -0.25) is 9.59 Å². The highest BCUT2D eigenvalue weighted by Gasteiger charge is 2.38. The largest absolute Gasteiger partial charge is 0.389 e. The normalized spacial score (nSPS) is 12.6. The molecule has 0 bridgehead atoms. The Labute approximate surface area is 286 Å². The van der Waals surface area contributed by atoms with E-state index < -0.39 is 29.4 Å². The number of nitrogens with zero attached hydrogens (tertiary/aromatic N) is 2. The number of nitrogens with one attached hydrogen (secondary N) is 2. The molecule has 0 radical (unpaired) electrons. The van der Waals surface area contributed by atoms with Gasteiger partial charge in [0.1, 0.15) is 11.6 Å². The van der Waals surface area contributed by atoms with E-state index in [1.54, 1.807) is 6.33 Å². The molecule has 0 aliphatic carbocycles. The second kappa shape index (κ2) is 18.6. The van der Waals surface area contributed by atoms with Crippen molar-refractivity contribution in [2.75, 3.05) is 6.54 Å². The van der Waals surface area contributed by atoms with Crippen molar-refractivity contribution < 1.29 is 9.59 Å². The molecule has 6 N–H and O–H groups in total. The van der Waals surface area contributed by atoms with Gasteiger partial charge in [0.25, 0.3) is 0 Å². The molecule has 0 fully saturated rings. The first-order chi connectivity index (χ1) is 23.4. The number of carbonyl (C=O) groups excluding carboxylic acids is 2. The molecule has 1 aromatic heterocycles. The summed E-state index contributed by atoms with van der Waals surface area (Å²) < 4.78 is 2.09. The molecule has 0 aliphatic heterocycles. The van der Waals surface area contributed by atoms with Crippen LogP contribution in [0.3, 0.4) is 0 Å². The molecule has 1 heterocycles. The van der Waals surface area contributed by atoms with Crippen molar-refractivity contribution in [1.29, 1.82) is 0 Å². The summed E-state index contributed by atoms with van der Waals surface area (Å²) >= 11 is 0. The predicted molar refractivity (Wildman–Crippen MR) is 194 cm³/mol. The van der Waals surface area contributed by atoms with E-state index in [-0.39, 0.29) is 6.42 Å². The van der Waals surface area contributed by atoms with Crippen LogP contribution in [0.15, 0.2) is 116 Å². The summed E-state index contributed by atoms with van der Waals surface area (Å²) in [4.78, 5) is 30.1. The van der Waals surface area contributed by atoms with Gasteiger partial charge in [-0.1, -0.05) is 130 Å². The second-order valence-electron chi connectivity index (χ2n) is 12.5. The van der Waals surface area contributed by atoms with Crippen LogP contribution in [-0.4, -0.2) is 40.0 Å². The number of benzene rings is 3. The Morgan fingerprint density at radius 2 is 1.40 bits per heavy atom. The number of allylic oxidation sites excluding steroid dienone is 1. The molecule has 0 saturated carbocycles. The zero-order chi connectivity index (χ0) is 34.2. The van der Waals surface area contributed by atoms with E-state index in [1.807, 2.05) is 60.8 Å². The van der Waals surface area contributed by atoms with Gasteiger partial charge in [0.2, 0.25) is 11.8 Å². The zero-order valence-electron chi connectivity index (χ0n) is 28.3. The molecule has 0 spiro atoms. The number of unbranched alkanes of at least 4 members (excludes halogenated alkanes) is 5. The Morgan fingerprint density at radius 3 is 1.94 bits per heavy atom. The van der Waals surface area contributed by atoms with Gasteiger partial charge in [-0.15, -0.1) is 0 Å². The van der Waals surface area contributed by atoms with Gasteiger partial charge < -0.3 is 26.7 Å². The van der Waals surface area contributed by atoms with Crippen LogP contribution in [0, 0.1) is 0 Å². The zero-order valence-corrected chi connectivity index (χ0v) is 28.3. The van der Waals surface area contributed by atoms with Gasteiger partial charge in [0.15, 0.2) is 0 Å². The maximum atomic E-state index is 13.2. The summed E-state index contributed by atoms with van der Waals surface area (Å²) in [6.07, 6.45) is 13.1. The molecule has 3 aromatic carbocycles. The van der Waals surface area contributed by atoms with Crippen LogP contribution in [-0.2, 0) is 21.5 Å². The monoisotopic (exact) mass is 648 g/mol. The topological polar surface area (TPSA) is 128 Å². The summed E-state index contributed by atoms with van der Waals surface area (Å²) in [6, 6.07) is 29.2. The van der Waals surface area contributed by atoms with E-state index in [2.05, 4.69) is 65.1 Å². The Hall–Kier alpha value is -4.69. The molecule has 8 nitrogen and oxygen atoms in total. The number of aromatic nitrogens is 2. The minimum atomic E-state index is -0.905. The van der Waals surface area contributed by atoms with Crippen molar-refractivity contribution >= 4 is 11.8 Å². The van der Waals surface area contributed by atoms with Gasteiger partial charge in [-0.2, -0.15) is 0 Å². The molecule has 48 heavy (non-hydrogen) atoms. The van der Waals surface area contributed by atoms with E-state index in [9.17, 15) is 9.59 Å². The van der Waals surface area contributed by atoms with Gasteiger partial charge in [-0.05, 0) is 48.8 Å². The van der Waals surface area contributed by atoms with E-state index in [1.165, 1.54) is 25.7 Å².